The molecule has 1 aliphatic rings. The van der Waals surface area contributed by atoms with Crippen LogP contribution in [0.4, 0.5) is 4.79 Å². The fourth-order valence-corrected chi connectivity index (χ4v) is 2.52. The van der Waals surface area contributed by atoms with Gasteiger partial charge in [-0.15, -0.1) is 0 Å². The number of hydrogen-bond acceptors (Lipinski definition) is 3. The predicted octanol–water partition coefficient (Wildman–Crippen LogP) is 0.562. The largest absolute Gasteiger partial charge is 0.392 e. The van der Waals surface area contributed by atoms with E-state index in [-0.39, 0.29) is 6.03 Å². The Morgan fingerprint density at radius 2 is 2.43 bits per heavy atom. The molecule has 1 heterocycles. The maximum atomic E-state index is 11.2. The molecule has 0 aromatic carbocycles. The van der Waals surface area contributed by atoms with E-state index in [0.29, 0.717) is 11.8 Å². The van der Waals surface area contributed by atoms with Gasteiger partial charge >= 0.3 is 6.03 Å². The van der Waals surface area contributed by atoms with Gasteiger partial charge in [0.1, 0.15) is 0 Å². The van der Waals surface area contributed by atoms with Gasteiger partial charge in [0.15, 0.2) is 0 Å². The lowest BCUT2D eigenvalue weighted by atomic mass is 10.2. The molecule has 1 aliphatic heterocycles. The monoisotopic (exact) mass is 218 g/mol. The van der Waals surface area contributed by atoms with Crippen molar-refractivity contribution in [1.29, 1.82) is 0 Å². The van der Waals surface area contributed by atoms with E-state index in [2.05, 4.69) is 10.6 Å². The van der Waals surface area contributed by atoms with Crippen molar-refractivity contribution in [2.75, 3.05) is 18.8 Å². The minimum absolute atomic E-state index is 0.182. The summed E-state index contributed by atoms with van der Waals surface area (Å²) in [4.78, 5) is 11.2. The lowest BCUT2D eigenvalue weighted by molar-refractivity contribution is 0.187. The number of carbonyl (C=O) groups excluding carboxylic acids is 1. The quantitative estimate of drug-likeness (QED) is 0.646. The summed E-state index contributed by atoms with van der Waals surface area (Å²) in [6.07, 6.45) is 1.97. The van der Waals surface area contributed by atoms with Gasteiger partial charge in [-0.2, -0.15) is 11.8 Å². The second-order valence-electron chi connectivity index (χ2n) is 3.57. The van der Waals surface area contributed by atoms with Crippen LogP contribution in [0.3, 0.4) is 0 Å². The van der Waals surface area contributed by atoms with Gasteiger partial charge in [0.25, 0.3) is 0 Å². The molecular formula is C9H18N2O2S. The number of hydrogen-bond donors (Lipinski definition) is 3. The molecule has 3 N–H and O–H groups in total. The summed E-state index contributed by atoms with van der Waals surface area (Å²) in [6, 6.07) is -0.182. The van der Waals surface area contributed by atoms with Gasteiger partial charge in [0.05, 0.1) is 6.10 Å². The fourth-order valence-electron chi connectivity index (χ4n) is 1.31. The summed E-state index contributed by atoms with van der Waals surface area (Å²) in [5.41, 5.74) is 0. The molecule has 0 aliphatic carbocycles. The topological polar surface area (TPSA) is 61.4 Å². The van der Waals surface area contributed by atoms with Gasteiger partial charge in [-0.1, -0.05) is 0 Å². The summed E-state index contributed by atoms with van der Waals surface area (Å²) in [6.45, 7) is 2.69. The van der Waals surface area contributed by atoms with Crippen molar-refractivity contribution in [1.82, 2.24) is 10.6 Å². The highest BCUT2D eigenvalue weighted by atomic mass is 32.2. The van der Waals surface area contributed by atoms with Crippen molar-refractivity contribution in [3.8, 4) is 0 Å². The number of rotatable bonds is 4. The van der Waals surface area contributed by atoms with Crippen LogP contribution in [0.1, 0.15) is 19.8 Å². The van der Waals surface area contributed by atoms with Crippen LogP contribution in [0, 0.1) is 0 Å². The molecule has 82 valence electrons. The molecular weight excluding hydrogens is 200 g/mol. The molecule has 2 unspecified atom stereocenters. The van der Waals surface area contributed by atoms with E-state index in [0.717, 1.165) is 6.54 Å². The molecule has 5 heteroatoms. The van der Waals surface area contributed by atoms with Crippen LogP contribution in [0.15, 0.2) is 0 Å². The molecule has 0 radical (unpaired) electrons. The molecule has 1 fully saturated rings. The van der Waals surface area contributed by atoms with Crippen molar-refractivity contribution < 1.29 is 9.90 Å². The van der Waals surface area contributed by atoms with Crippen molar-refractivity contribution >= 4 is 17.8 Å². The average Bonchev–Trinajstić information content (AvgIpc) is 2.63. The van der Waals surface area contributed by atoms with E-state index in [1.165, 1.54) is 18.6 Å². The SMILES string of the molecule is CC(O)CNC(=O)NCC1CCCS1. The van der Waals surface area contributed by atoms with Crippen molar-refractivity contribution in [3.63, 3.8) is 0 Å². The Balaban J connectivity index is 2.02. The summed E-state index contributed by atoms with van der Waals surface area (Å²) in [7, 11) is 0. The van der Waals surface area contributed by atoms with Crippen LogP contribution in [-0.2, 0) is 0 Å². The molecule has 14 heavy (non-hydrogen) atoms. The summed E-state index contributed by atoms with van der Waals surface area (Å²) < 4.78 is 0. The molecule has 0 aromatic rings. The van der Waals surface area contributed by atoms with E-state index >= 15 is 0 Å². The van der Waals surface area contributed by atoms with Crippen LogP contribution in [0.2, 0.25) is 0 Å². The number of nitrogens with one attached hydrogen (secondary N) is 2. The van der Waals surface area contributed by atoms with Gasteiger partial charge in [-0.3, -0.25) is 0 Å². The van der Waals surface area contributed by atoms with Crippen LogP contribution in [-0.4, -0.2) is 41.3 Å². The molecule has 0 saturated carbocycles. The highest BCUT2D eigenvalue weighted by molar-refractivity contribution is 8.00. The lowest BCUT2D eigenvalue weighted by Gasteiger charge is -2.11. The van der Waals surface area contributed by atoms with Gasteiger partial charge in [0.2, 0.25) is 0 Å². The third kappa shape index (κ3) is 4.72. The van der Waals surface area contributed by atoms with Crippen LogP contribution in [0.25, 0.3) is 0 Å². The van der Waals surface area contributed by atoms with Crippen molar-refractivity contribution in [2.24, 2.45) is 0 Å². The predicted molar refractivity (Wildman–Crippen MR) is 58.6 cm³/mol. The molecule has 0 bridgehead atoms. The summed E-state index contributed by atoms with van der Waals surface area (Å²) in [5.74, 6) is 1.21. The van der Waals surface area contributed by atoms with Crippen LogP contribution in [0.5, 0.6) is 0 Å². The fraction of sp³-hybridized carbons (Fsp3) is 0.889. The van der Waals surface area contributed by atoms with Gasteiger partial charge < -0.3 is 15.7 Å². The first-order valence-electron chi connectivity index (χ1n) is 5.00. The first kappa shape index (κ1) is 11.7. The normalized spacial score (nSPS) is 23.1. The maximum Gasteiger partial charge on any atom is 0.314 e. The minimum Gasteiger partial charge on any atom is -0.392 e. The Kier molecular flexibility index (Phi) is 5.11. The van der Waals surface area contributed by atoms with Crippen LogP contribution < -0.4 is 10.6 Å². The summed E-state index contributed by atoms with van der Waals surface area (Å²) >= 11 is 1.92. The van der Waals surface area contributed by atoms with E-state index in [1.54, 1.807) is 6.92 Å². The highest BCUT2D eigenvalue weighted by Crippen LogP contribution is 2.24. The molecule has 0 spiro atoms. The van der Waals surface area contributed by atoms with E-state index < -0.39 is 6.10 Å². The maximum absolute atomic E-state index is 11.2. The third-order valence-corrected chi connectivity index (χ3v) is 3.47. The Bertz CT molecular complexity index is 182. The van der Waals surface area contributed by atoms with E-state index in [1.807, 2.05) is 11.8 Å². The number of urea groups is 1. The Labute approximate surface area is 88.8 Å². The van der Waals surface area contributed by atoms with E-state index in [4.69, 9.17) is 5.11 Å². The summed E-state index contributed by atoms with van der Waals surface area (Å²) in [5, 5.41) is 14.9. The standard InChI is InChI=1S/C9H18N2O2S/c1-7(12)5-10-9(13)11-6-8-3-2-4-14-8/h7-8,12H,2-6H2,1H3,(H2,10,11,13). The zero-order valence-corrected chi connectivity index (χ0v) is 9.27. The van der Waals surface area contributed by atoms with Gasteiger partial charge in [-0.25, -0.2) is 4.79 Å². The van der Waals surface area contributed by atoms with Gasteiger partial charge in [-0.05, 0) is 25.5 Å². The number of aliphatic hydroxyl groups excluding tert-OH is 1. The van der Waals surface area contributed by atoms with Crippen molar-refractivity contribution in [3.05, 3.63) is 0 Å². The second kappa shape index (κ2) is 6.14. The minimum atomic E-state index is -0.485. The number of thioether (sulfide) groups is 1. The first-order chi connectivity index (χ1) is 6.68. The molecule has 2 atom stereocenters. The zero-order chi connectivity index (χ0) is 10.4. The van der Waals surface area contributed by atoms with Crippen molar-refractivity contribution in [2.45, 2.75) is 31.1 Å². The molecule has 1 saturated heterocycles. The highest BCUT2D eigenvalue weighted by Gasteiger charge is 2.15. The average molecular weight is 218 g/mol. The molecule has 4 nitrogen and oxygen atoms in total. The molecule has 2 amide bonds. The van der Waals surface area contributed by atoms with E-state index in [9.17, 15) is 4.79 Å². The van der Waals surface area contributed by atoms with Gasteiger partial charge in [0, 0.05) is 18.3 Å². The zero-order valence-electron chi connectivity index (χ0n) is 8.45. The Hall–Kier alpha value is -0.420. The number of aliphatic hydroxyl groups is 1. The molecule has 1 rings (SSSR count). The Morgan fingerprint density at radius 1 is 1.64 bits per heavy atom. The lowest BCUT2D eigenvalue weighted by Crippen LogP contribution is -2.41. The van der Waals surface area contributed by atoms with Crippen LogP contribution >= 0.6 is 11.8 Å². The third-order valence-electron chi connectivity index (χ3n) is 2.07. The smallest absolute Gasteiger partial charge is 0.314 e. The number of amides is 2. The Morgan fingerprint density at radius 3 is 3.00 bits per heavy atom. The molecule has 0 aromatic heterocycles. The first-order valence-corrected chi connectivity index (χ1v) is 6.04. The second-order valence-corrected chi connectivity index (χ2v) is 4.98. The number of carbonyl (C=O) groups is 1.